The lowest BCUT2D eigenvalue weighted by molar-refractivity contribution is 0.770. The number of nitrogen functional groups attached to an aromatic ring is 1. The number of halogens is 1. The lowest BCUT2D eigenvalue weighted by Crippen LogP contribution is -2.26. The fourth-order valence-corrected chi connectivity index (χ4v) is 3.85. The number of rotatable bonds is 5. The van der Waals surface area contributed by atoms with Gasteiger partial charge in [0, 0.05) is 23.1 Å². The van der Waals surface area contributed by atoms with Gasteiger partial charge in [0.15, 0.2) is 0 Å². The van der Waals surface area contributed by atoms with Crippen LogP contribution in [-0.4, -0.2) is 14.5 Å². The van der Waals surface area contributed by atoms with Crippen molar-refractivity contribution in [2.24, 2.45) is 0 Å². The summed E-state index contributed by atoms with van der Waals surface area (Å²) in [6.45, 7) is 4.02. The number of pyridine rings is 1. The number of fused-ring (bicyclic) bond motifs is 1. The third kappa shape index (κ3) is 3.62. The summed E-state index contributed by atoms with van der Waals surface area (Å²) in [5, 5.41) is 5.14. The lowest BCUT2D eigenvalue weighted by Gasteiger charge is -2.22. The molecule has 0 radical (unpaired) electrons. The van der Waals surface area contributed by atoms with Gasteiger partial charge >= 0.3 is 0 Å². The molecule has 1 atom stereocenters. The van der Waals surface area contributed by atoms with E-state index in [0.29, 0.717) is 16.2 Å². The molecule has 0 aliphatic carbocycles. The highest BCUT2D eigenvalue weighted by molar-refractivity contribution is 6.35. The summed E-state index contributed by atoms with van der Waals surface area (Å²) in [5.74, 6) is 0.864. The van der Waals surface area contributed by atoms with Crippen molar-refractivity contribution in [2.45, 2.75) is 26.3 Å². The van der Waals surface area contributed by atoms with Crippen molar-refractivity contribution in [2.75, 3.05) is 11.1 Å². The quantitative estimate of drug-likeness (QED) is 0.487. The molecule has 7 heteroatoms. The lowest BCUT2D eigenvalue weighted by atomic mass is 10.1. The summed E-state index contributed by atoms with van der Waals surface area (Å²) >= 11 is 6.38. The Kier molecular flexibility index (Phi) is 5.42. The van der Waals surface area contributed by atoms with Crippen LogP contribution in [0.5, 0.6) is 0 Å². The SMILES string of the molecule is CCc1cnc(N)nc1NC(C)c1cc2cccc(Cl)c2c(=O)n1-c1ccccc1. The molecule has 4 aromatic rings. The van der Waals surface area contributed by atoms with Crippen molar-refractivity contribution in [3.05, 3.63) is 87.4 Å². The van der Waals surface area contributed by atoms with Gasteiger partial charge in [0.1, 0.15) is 5.82 Å². The minimum atomic E-state index is -0.235. The third-order valence-corrected chi connectivity index (χ3v) is 5.41. The Labute approximate surface area is 179 Å². The molecule has 0 bridgehead atoms. The molecule has 2 aromatic carbocycles. The Balaban J connectivity index is 1.92. The number of hydrogen-bond acceptors (Lipinski definition) is 5. The van der Waals surface area contributed by atoms with Crippen LogP contribution >= 0.6 is 11.6 Å². The van der Waals surface area contributed by atoms with Crippen LogP contribution in [0, 0.1) is 0 Å². The first kappa shape index (κ1) is 19.9. The number of nitrogens with two attached hydrogens (primary N) is 1. The molecule has 3 N–H and O–H groups in total. The van der Waals surface area contributed by atoms with Gasteiger partial charge in [0.25, 0.3) is 5.56 Å². The average molecular weight is 420 g/mol. The van der Waals surface area contributed by atoms with Gasteiger partial charge in [-0.3, -0.25) is 9.36 Å². The maximum absolute atomic E-state index is 13.5. The zero-order valence-corrected chi connectivity index (χ0v) is 17.5. The molecule has 0 spiro atoms. The highest BCUT2D eigenvalue weighted by Gasteiger charge is 2.19. The van der Waals surface area contributed by atoms with E-state index >= 15 is 0 Å². The molecule has 1 unspecified atom stereocenters. The Morgan fingerprint density at radius 3 is 2.67 bits per heavy atom. The van der Waals surface area contributed by atoms with Crippen molar-refractivity contribution < 1.29 is 0 Å². The van der Waals surface area contributed by atoms with E-state index in [9.17, 15) is 4.79 Å². The second-order valence-corrected chi connectivity index (χ2v) is 7.48. The molecule has 0 aliphatic heterocycles. The molecule has 0 saturated carbocycles. The summed E-state index contributed by atoms with van der Waals surface area (Å²) in [7, 11) is 0. The molecule has 0 saturated heterocycles. The van der Waals surface area contributed by atoms with E-state index in [1.807, 2.05) is 62.4 Å². The number of nitrogens with one attached hydrogen (secondary N) is 1. The number of para-hydroxylation sites is 1. The van der Waals surface area contributed by atoms with Gasteiger partial charge in [-0.1, -0.05) is 48.9 Å². The van der Waals surface area contributed by atoms with Gasteiger partial charge in [-0.2, -0.15) is 4.98 Å². The maximum Gasteiger partial charge on any atom is 0.264 e. The summed E-state index contributed by atoms with van der Waals surface area (Å²) in [5.41, 5.74) is 8.15. The van der Waals surface area contributed by atoms with Gasteiger partial charge in [0.2, 0.25) is 5.95 Å². The minimum absolute atomic E-state index is 0.161. The van der Waals surface area contributed by atoms with Crippen molar-refractivity contribution in [1.82, 2.24) is 14.5 Å². The molecule has 2 aromatic heterocycles. The first-order valence-electron chi connectivity index (χ1n) is 9.77. The van der Waals surface area contributed by atoms with Crippen LogP contribution in [0.4, 0.5) is 11.8 Å². The third-order valence-electron chi connectivity index (χ3n) is 5.10. The first-order valence-corrected chi connectivity index (χ1v) is 10.1. The van der Waals surface area contributed by atoms with E-state index in [2.05, 4.69) is 15.3 Å². The number of aryl methyl sites for hydroxylation is 1. The molecular formula is C23H22ClN5O. The fourth-order valence-electron chi connectivity index (χ4n) is 3.58. The molecule has 152 valence electrons. The van der Waals surface area contributed by atoms with E-state index in [1.165, 1.54) is 0 Å². The topological polar surface area (TPSA) is 85.8 Å². The summed E-state index contributed by atoms with van der Waals surface area (Å²) < 4.78 is 1.70. The van der Waals surface area contributed by atoms with Gasteiger partial charge in [-0.05, 0) is 43.0 Å². The van der Waals surface area contributed by atoms with E-state index in [-0.39, 0.29) is 17.5 Å². The normalized spacial score (nSPS) is 12.1. The number of benzene rings is 2. The molecule has 0 aliphatic rings. The standard InChI is InChI=1S/C23H22ClN5O/c1-3-15-13-26-23(25)28-21(15)27-14(2)19-12-16-8-7-11-18(24)20(16)22(30)29(19)17-9-5-4-6-10-17/h4-14H,3H2,1-2H3,(H3,25,26,27,28). The molecule has 0 amide bonds. The molecule has 2 heterocycles. The monoisotopic (exact) mass is 419 g/mol. The molecule has 4 rings (SSSR count). The van der Waals surface area contributed by atoms with Crippen LogP contribution in [0.1, 0.15) is 31.1 Å². The van der Waals surface area contributed by atoms with Gasteiger partial charge in [0.05, 0.1) is 16.5 Å². The van der Waals surface area contributed by atoms with Gasteiger partial charge in [-0.15, -0.1) is 0 Å². The van der Waals surface area contributed by atoms with Crippen LogP contribution in [0.2, 0.25) is 5.02 Å². The van der Waals surface area contributed by atoms with Crippen LogP contribution < -0.4 is 16.6 Å². The Morgan fingerprint density at radius 1 is 1.17 bits per heavy atom. The highest BCUT2D eigenvalue weighted by Crippen LogP contribution is 2.27. The van der Waals surface area contributed by atoms with Crippen molar-refractivity contribution >= 4 is 34.1 Å². The predicted molar refractivity (Wildman–Crippen MR) is 122 cm³/mol. The molecular weight excluding hydrogens is 398 g/mol. The average Bonchev–Trinajstić information content (AvgIpc) is 2.74. The van der Waals surface area contributed by atoms with Crippen molar-refractivity contribution in [1.29, 1.82) is 0 Å². The fraction of sp³-hybridized carbons (Fsp3) is 0.174. The van der Waals surface area contributed by atoms with E-state index in [0.717, 1.165) is 28.8 Å². The zero-order valence-electron chi connectivity index (χ0n) is 16.8. The summed E-state index contributed by atoms with van der Waals surface area (Å²) in [6, 6.07) is 16.8. The molecule has 30 heavy (non-hydrogen) atoms. The zero-order chi connectivity index (χ0) is 21.3. The second kappa shape index (κ2) is 8.16. The van der Waals surface area contributed by atoms with Gasteiger partial charge in [-0.25, -0.2) is 4.98 Å². The first-order chi connectivity index (χ1) is 14.5. The highest BCUT2D eigenvalue weighted by atomic mass is 35.5. The Morgan fingerprint density at radius 2 is 1.93 bits per heavy atom. The number of aromatic nitrogens is 3. The Bertz CT molecular complexity index is 1270. The van der Waals surface area contributed by atoms with Crippen LogP contribution in [-0.2, 0) is 6.42 Å². The number of hydrogen-bond donors (Lipinski definition) is 2. The number of anilines is 2. The summed E-state index contributed by atoms with van der Waals surface area (Å²) in [4.78, 5) is 21.9. The smallest absolute Gasteiger partial charge is 0.264 e. The van der Waals surface area contributed by atoms with Crippen LogP contribution in [0.3, 0.4) is 0 Å². The predicted octanol–water partition coefficient (Wildman–Crippen LogP) is 4.75. The van der Waals surface area contributed by atoms with Gasteiger partial charge < -0.3 is 11.1 Å². The van der Waals surface area contributed by atoms with E-state index < -0.39 is 0 Å². The van der Waals surface area contributed by atoms with E-state index in [1.54, 1.807) is 16.8 Å². The maximum atomic E-state index is 13.5. The number of nitrogens with zero attached hydrogens (tertiary/aromatic N) is 3. The Hall–Kier alpha value is -3.38. The largest absolute Gasteiger partial charge is 0.368 e. The molecule has 6 nitrogen and oxygen atoms in total. The van der Waals surface area contributed by atoms with E-state index in [4.69, 9.17) is 17.3 Å². The van der Waals surface area contributed by atoms with Crippen molar-refractivity contribution in [3.63, 3.8) is 0 Å². The van der Waals surface area contributed by atoms with Crippen molar-refractivity contribution in [3.8, 4) is 5.69 Å². The second-order valence-electron chi connectivity index (χ2n) is 7.07. The van der Waals surface area contributed by atoms with Crippen LogP contribution in [0.15, 0.2) is 65.6 Å². The minimum Gasteiger partial charge on any atom is -0.368 e. The summed E-state index contributed by atoms with van der Waals surface area (Å²) in [6.07, 6.45) is 2.48. The molecule has 0 fully saturated rings. The van der Waals surface area contributed by atoms with Crippen LogP contribution in [0.25, 0.3) is 16.5 Å².